The van der Waals surface area contributed by atoms with Crippen molar-refractivity contribution < 1.29 is 4.74 Å². The molecule has 1 aliphatic rings. The monoisotopic (exact) mass is 206 g/mol. The molecule has 3 nitrogen and oxygen atoms in total. The highest BCUT2D eigenvalue weighted by atomic mass is 16.5. The van der Waals surface area contributed by atoms with E-state index in [1.165, 1.54) is 12.8 Å². The minimum absolute atomic E-state index is 0.509. The Bertz CT molecular complexity index is 289. The van der Waals surface area contributed by atoms with Gasteiger partial charge in [0.25, 0.3) is 0 Å². The minimum Gasteiger partial charge on any atom is -0.383 e. The Labute approximate surface area is 91.0 Å². The van der Waals surface area contributed by atoms with Crippen LogP contribution >= 0.6 is 0 Å². The van der Waals surface area contributed by atoms with Crippen LogP contribution in [0.5, 0.6) is 0 Å². The number of hydrazine groups is 1. The maximum Gasteiger partial charge on any atom is 0.0636 e. The Morgan fingerprint density at radius 2 is 2.20 bits per heavy atom. The number of hydrogen-bond acceptors (Lipinski definition) is 3. The number of anilines is 1. The van der Waals surface area contributed by atoms with E-state index in [0.717, 1.165) is 18.8 Å². The Hall–Kier alpha value is -1.06. The maximum atomic E-state index is 5.21. The van der Waals surface area contributed by atoms with E-state index in [0.29, 0.717) is 6.04 Å². The number of rotatable bonds is 4. The van der Waals surface area contributed by atoms with Gasteiger partial charge < -0.3 is 10.2 Å². The van der Waals surface area contributed by atoms with Crippen molar-refractivity contribution >= 4 is 5.69 Å². The Balaban J connectivity index is 1.93. The Kier molecular flexibility index (Phi) is 3.59. The van der Waals surface area contributed by atoms with Gasteiger partial charge in [0.15, 0.2) is 0 Å². The molecule has 3 heteroatoms. The summed E-state index contributed by atoms with van der Waals surface area (Å²) >= 11 is 0. The van der Waals surface area contributed by atoms with Crippen LogP contribution < -0.4 is 5.43 Å². The summed E-state index contributed by atoms with van der Waals surface area (Å²) in [4.78, 5) is 0. The predicted octanol–water partition coefficient (Wildman–Crippen LogP) is 2.12. The van der Waals surface area contributed by atoms with Gasteiger partial charge in [-0.2, -0.15) is 0 Å². The van der Waals surface area contributed by atoms with Gasteiger partial charge in [0.05, 0.1) is 12.6 Å². The van der Waals surface area contributed by atoms with Crippen molar-refractivity contribution in [1.29, 1.82) is 0 Å². The fourth-order valence-electron chi connectivity index (χ4n) is 2.03. The van der Waals surface area contributed by atoms with Gasteiger partial charge in [-0.1, -0.05) is 18.2 Å². The SMILES string of the molecule is COCC1CCCN1Nc1ccccc1. The highest BCUT2D eigenvalue weighted by Crippen LogP contribution is 2.18. The summed E-state index contributed by atoms with van der Waals surface area (Å²) in [6.45, 7) is 1.91. The standard InChI is InChI=1S/C12H18N2O/c1-15-10-12-8-5-9-14(12)13-11-6-3-2-4-7-11/h2-4,6-7,12-13H,5,8-10H2,1H3. The van der Waals surface area contributed by atoms with Gasteiger partial charge in [-0.3, -0.25) is 0 Å². The van der Waals surface area contributed by atoms with Crippen LogP contribution in [0.15, 0.2) is 30.3 Å². The van der Waals surface area contributed by atoms with Crippen molar-refractivity contribution in [3.63, 3.8) is 0 Å². The predicted molar refractivity (Wildman–Crippen MR) is 61.7 cm³/mol. The lowest BCUT2D eigenvalue weighted by Gasteiger charge is -2.25. The normalized spacial score (nSPS) is 21.8. The molecule has 0 radical (unpaired) electrons. The molecule has 0 bridgehead atoms. The molecule has 1 heterocycles. The van der Waals surface area contributed by atoms with Crippen LogP contribution in [0, 0.1) is 0 Å². The van der Waals surface area contributed by atoms with Gasteiger partial charge in [0.2, 0.25) is 0 Å². The maximum absolute atomic E-state index is 5.21. The van der Waals surface area contributed by atoms with E-state index in [4.69, 9.17) is 4.74 Å². The molecular weight excluding hydrogens is 188 g/mol. The Morgan fingerprint density at radius 1 is 1.40 bits per heavy atom. The molecule has 15 heavy (non-hydrogen) atoms. The topological polar surface area (TPSA) is 24.5 Å². The van der Waals surface area contributed by atoms with Crippen molar-refractivity contribution in [2.24, 2.45) is 0 Å². The summed E-state index contributed by atoms with van der Waals surface area (Å²) in [5, 5.41) is 2.28. The molecule has 0 aliphatic carbocycles. The third-order valence-corrected chi connectivity index (χ3v) is 2.78. The van der Waals surface area contributed by atoms with Crippen molar-refractivity contribution in [3.05, 3.63) is 30.3 Å². The fourth-order valence-corrected chi connectivity index (χ4v) is 2.03. The lowest BCUT2D eigenvalue weighted by atomic mass is 10.2. The van der Waals surface area contributed by atoms with Crippen LogP contribution in [0.1, 0.15) is 12.8 Å². The zero-order valence-electron chi connectivity index (χ0n) is 9.15. The summed E-state index contributed by atoms with van der Waals surface area (Å²) in [7, 11) is 1.76. The molecule has 0 saturated carbocycles. The first-order valence-electron chi connectivity index (χ1n) is 5.47. The summed E-state index contributed by atoms with van der Waals surface area (Å²) < 4.78 is 5.21. The number of benzene rings is 1. The zero-order chi connectivity index (χ0) is 10.5. The van der Waals surface area contributed by atoms with E-state index < -0.39 is 0 Å². The number of nitrogens with one attached hydrogen (secondary N) is 1. The van der Waals surface area contributed by atoms with E-state index in [1.807, 2.05) is 18.2 Å². The molecule has 1 atom stereocenters. The summed E-state index contributed by atoms with van der Waals surface area (Å²) in [5.41, 5.74) is 4.58. The van der Waals surface area contributed by atoms with E-state index >= 15 is 0 Å². The second kappa shape index (κ2) is 5.14. The van der Waals surface area contributed by atoms with Crippen molar-refractivity contribution in [1.82, 2.24) is 5.01 Å². The van der Waals surface area contributed by atoms with Gasteiger partial charge >= 0.3 is 0 Å². The van der Waals surface area contributed by atoms with Crippen molar-refractivity contribution in [3.8, 4) is 0 Å². The summed E-state index contributed by atoms with van der Waals surface area (Å²) in [6, 6.07) is 10.8. The van der Waals surface area contributed by atoms with Crippen LogP contribution in [0.25, 0.3) is 0 Å². The first-order valence-corrected chi connectivity index (χ1v) is 5.47. The average molecular weight is 206 g/mol. The van der Waals surface area contributed by atoms with E-state index in [2.05, 4.69) is 22.6 Å². The molecule has 1 aliphatic heterocycles. The van der Waals surface area contributed by atoms with E-state index in [-0.39, 0.29) is 0 Å². The molecule has 0 spiro atoms. The van der Waals surface area contributed by atoms with Crippen LogP contribution in [0.2, 0.25) is 0 Å². The molecule has 1 fully saturated rings. The Morgan fingerprint density at radius 3 is 2.93 bits per heavy atom. The third-order valence-electron chi connectivity index (χ3n) is 2.78. The lowest BCUT2D eigenvalue weighted by molar-refractivity contribution is 0.128. The molecule has 0 amide bonds. The third kappa shape index (κ3) is 2.70. The van der Waals surface area contributed by atoms with E-state index in [9.17, 15) is 0 Å². The highest BCUT2D eigenvalue weighted by molar-refractivity contribution is 5.41. The number of methoxy groups -OCH3 is 1. The van der Waals surface area contributed by atoms with Gasteiger partial charge in [0, 0.05) is 19.3 Å². The number of nitrogens with zero attached hydrogens (tertiary/aromatic N) is 1. The van der Waals surface area contributed by atoms with Crippen LogP contribution in [-0.4, -0.2) is 31.3 Å². The van der Waals surface area contributed by atoms with Gasteiger partial charge in [-0.05, 0) is 25.0 Å². The molecule has 1 saturated heterocycles. The highest BCUT2D eigenvalue weighted by Gasteiger charge is 2.23. The van der Waals surface area contributed by atoms with Gasteiger partial charge in [-0.15, -0.1) is 0 Å². The number of ether oxygens (including phenoxy) is 1. The molecule has 0 aromatic heterocycles. The largest absolute Gasteiger partial charge is 0.383 e. The fraction of sp³-hybridized carbons (Fsp3) is 0.500. The van der Waals surface area contributed by atoms with Gasteiger partial charge in [-0.25, -0.2) is 5.01 Å². The first kappa shape index (κ1) is 10.5. The summed E-state index contributed by atoms with van der Waals surface area (Å²) in [6.07, 6.45) is 2.46. The van der Waals surface area contributed by atoms with Crippen LogP contribution in [0.4, 0.5) is 5.69 Å². The number of para-hydroxylation sites is 1. The van der Waals surface area contributed by atoms with Crippen LogP contribution in [-0.2, 0) is 4.74 Å². The molecule has 1 N–H and O–H groups in total. The smallest absolute Gasteiger partial charge is 0.0636 e. The second-order valence-electron chi connectivity index (χ2n) is 3.92. The molecular formula is C12H18N2O. The van der Waals surface area contributed by atoms with Crippen LogP contribution in [0.3, 0.4) is 0 Å². The first-order chi connectivity index (χ1) is 7.40. The second-order valence-corrected chi connectivity index (χ2v) is 3.92. The average Bonchev–Trinajstić information content (AvgIpc) is 2.68. The molecule has 2 rings (SSSR count). The minimum atomic E-state index is 0.509. The zero-order valence-corrected chi connectivity index (χ0v) is 9.15. The van der Waals surface area contributed by atoms with E-state index in [1.54, 1.807) is 7.11 Å². The molecule has 1 unspecified atom stereocenters. The molecule has 1 aromatic rings. The molecule has 1 aromatic carbocycles. The lowest BCUT2D eigenvalue weighted by Crippen LogP contribution is -2.37. The van der Waals surface area contributed by atoms with Gasteiger partial charge in [0.1, 0.15) is 0 Å². The van der Waals surface area contributed by atoms with Crippen molar-refractivity contribution in [2.75, 3.05) is 25.7 Å². The summed E-state index contributed by atoms with van der Waals surface area (Å²) in [5.74, 6) is 0. The number of hydrogen-bond donors (Lipinski definition) is 1. The van der Waals surface area contributed by atoms with Crippen molar-refractivity contribution in [2.45, 2.75) is 18.9 Å². The molecule has 82 valence electrons. The quantitative estimate of drug-likeness (QED) is 0.816.